The van der Waals surface area contributed by atoms with Crippen LogP contribution in [0.3, 0.4) is 0 Å². The first-order valence-electron chi connectivity index (χ1n) is 5.78. The van der Waals surface area contributed by atoms with E-state index in [1.54, 1.807) is 30.6 Å². The van der Waals surface area contributed by atoms with Gasteiger partial charge in [-0.3, -0.25) is 4.98 Å². The third kappa shape index (κ3) is 2.24. The predicted molar refractivity (Wildman–Crippen MR) is 79.6 cm³/mol. The number of hydrogen-bond donors (Lipinski definition) is 1. The Balaban J connectivity index is 2.24. The Morgan fingerprint density at radius 3 is 2.55 bits per heavy atom. The van der Waals surface area contributed by atoms with Gasteiger partial charge in [-0.15, -0.1) is 0 Å². The summed E-state index contributed by atoms with van der Waals surface area (Å²) < 4.78 is 5.10. The zero-order valence-electron chi connectivity index (χ0n) is 10.2. The Hall–Kier alpha value is -2.04. The molecule has 100 valence electrons. The van der Waals surface area contributed by atoms with Crippen LogP contribution in [-0.2, 0) is 0 Å². The smallest absolute Gasteiger partial charge is 0.230 e. The summed E-state index contributed by atoms with van der Waals surface area (Å²) >= 11 is 12.2. The monoisotopic (exact) mass is 305 g/mol. The molecule has 0 unspecified atom stereocenters. The number of hydrogen-bond acceptors (Lipinski definition) is 4. The van der Waals surface area contributed by atoms with Gasteiger partial charge in [-0.2, -0.15) is 0 Å². The van der Waals surface area contributed by atoms with Gasteiger partial charge in [0, 0.05) is 23.0 Å². The van der Waals surface area contributed by atoms with Crippen LogP contribution in [0.5, 0.6) is 0 Å². The molecule has 2 aromatic heterocycles. The summed E-state index contributed by atoms with van der Waals surface area (Å²) in [6.07, 6.45) is 3.34. The van der Waals surface area contributed by atoms with Gasteiger partial charge in [0.05, 0.1) is 10.6 Å². The molecule has 4 nitrogen and oxygen atoms in total. The SMILES string of the molecule is Nc1onc(-c2cc(Cl)ccc2Cl)c1-c1ccncc1. The summed E-state index contributed by atoms with van der Waals surface area (Å²) in [4.78, 5) is 3.98. The van der Waals surface area contributed by atoms with Crippen molar-refractivity contribution in [1.29, 1.82) is 0 Å². The fraction of sp³-hybridized carbons (Fsp3) is 0. The summed E-state index contributed by atoms with van der Waals surface area (Å²) in [7, 11) is 0. The zero-order valence-corrected chi connectivity index (χ0v) is 11.7. The lowest BCUT2D eigenvalue weighted by Crippen LogP contribution is -1.88. The molecular formula is C14H9Cl2N3O. The van der Waals surface area contributed by atoms with Crippen molar-refractivity contribution in [3.05, 3.63) is 52.8 Å². The molecule has 3 aromatic rings. The van der Waals surface area contributed by atoms with Crippen molar-refractivity contribution in [3.8, 4) is 22.4 Å². The third-order valence-electron chi connectivity index (χ3n) is 2.87. The fourth-order valence-electron chi connectivity index (χ4n) is 1.96. The number of nitrogens with zero attached hydrogens (tertiary/aromatic N) is 2. The lowest BCUT2D eigenvalue weighted by atomic mass is 10.0. The number of rotatable bonds is 2. The van der Waals surface area contributed by atoms with Crippen LogP contribution in [0.4, 0.5) is 5.88 Å². The normalized spacial score (nSPS) is 10.7. The number of aromatic nitrogens is 2. The molecule has 2 heterocycles. The molecule has 0 aliphatic carbocycles. The highest BCUT2D eigenvalue weighted by molar-refractivity contribution is 6.35. The molecule has 20 heavy (non-hydrogen) atoms. The number of pyridine rings is 1. The van der Waals surface area contributed by atoms with Gasteiger partial charge in [0.1, 0.15) is 5.69 Å². The van der Waals surface area contributed by atoms with Crippen molar-refractivity contribution in [1.82, 2.24) is 10.1 Å². The largest absolute Gasteiger partial charge is 0.367 e. The summed E-state index contributed by atoms with van der Waals surface area (Å²) in [6, 6.07) is 8.80. The molecule has 0 aliphatic heterocycles. The van der Waals surface area contributed by atoms with Crippen LogP contribution in [-0.4, -0.2) is 10.1 Å². The van der Waals surface area contributed by atoms with Crippen LogP contribution >= 0.6 is 23.2 Å². The van der Waals surface area contributed by atoms with Crippen molar-refractivity contribution in [3.63, 3.8) is 0 Å². The van der Waals surface area contributed by atoms with E-state index in [4.69, 9.17) is 33.5 Å². The zero-order chi connectivity index (χ0) is 14.1. The molecule has 0 amide bonds. The van der Waals surface area contributed by atoms with Crippen LogP contribution in [0.2, 0.25) is 10.0 Å². The van der Waals surface area contributed by atoms with Gasteiger partial charge in [-0.25, -0.2) is 0 Å². The molecular weight excluding hydrogens is 297 g/mol. The molecule has 0 spiro atoms. The molecule has 2 N–H and O–H groups in total. The van der Waals surface area contributed by atoms with Gasteiger partial charge in [0.25, 0.3) is 0 Å². The Morgan fingerprint density at radius 1 is 1.05 bits per heavy atom. The first-order valence-corrected chi connectivity index (χ1v) is 6.53. The summed E-state index contributed by atoms with van der Waals surface area (Å²) in [5.74, 6) is 0.224. The first-order chi connectivity index (χ1) is 9.66. The lowest BCUT2D eigenvalue weighted by molar-refractivity contribution is 0.439. The van der Waals surface area contributed by atoms with E-state index in [0.717, 1.165) is 5.56 Å². The maximum atomic E-state index is 6.21. The van der Waals surface area contributed by atoms with Gasteiger partial charge < -0.3 is 10.3 Å². The van der Waals surface area contributed by atoms with E-state index < -0.39 is 0 Å². The van der Waals surface area contributed by atoms with Gasteiger partial charge in [0.2, 0.25) is 5.88 Å². The average molecular weight is 306 g/mol. The van der Waals surface area contributed by atoms with Gasteiger partial charge in [0.15, 0.2) is 0 Å². The van der Waals surface area contributed by atoms with E-state index >= 15 is 0 Å². The van der Waals surface area contributed by atoms with Crippen molar-refractivity contribution >= 4 is 29.1 Å². The predicted octanol–water partition coefficient (Wildman–Crippen LogP) is 4.29. The van der Waals surface area contributed by atoms with Crippen LogP contribution in [0.15, 0.2) is 47.2 Å². The van der Waals surface area contributed by atoms with Crippen molar-refractivity contribution in [2.75, 3.05) is 5.73 Å². The Bertz CT molecular complexity index is 756. The van der Waals surface area contributed by atoms with Crippen LogP contribution < -0.4 is 5.73 Å². The maximum Gasteiger partial charge on any atom is 0.230 e. The molecule has 0 fully saturated rings. The molecule has 0 atom stereocenters. The third-order valence-corrected chi connectivity index (χ3v) is 3.44. The molecule has 0 saturated carbocycles. The van der Waals surface area contributed by atoms with E-state index in [-0.39, 0.29) is 5.88 Å². The van der Waals surface area contributed by atoms with Gasteiger partial charge >= 0.3 is 0 Å². The lowest BCUT2D eigenvalue weighted by Gasteiger charge is -2.05. The summed E-state index contributed by atoms with van der Waals surface area (Å²) in [5, 5.41) is 5.09. The van der Waals surface area contributed by atoms with Crippen molar-refractivity contribution < 1.29 is 4.52 Å². The topological polar surface area (TPSA) is 64.9 Å². The maximum absolute atomic E-state index is 6.21. The number of halogens is 2. The van der Waals surface area contributed by atoms with E-state index in [1.165, 1.54) is 0 Å². The summed E-state index contributed by atoms with van der Waals surface area (Å²) in [6.45, 7) is 0. The second kappa shape index (κ2) is 5.15. The van der Waals surface area contributed by atoms with E-state index in [2.05, 4.69) is 10.1 Å². The summed E-state index contributed by atoms with van der Waals surface area (Å²) in [5.41, 5.74) is 8.63. The van der Waals surface area contributed by atoms with Gasteiger partial charge in [-0.1, -0.05) is 28.4 Å². The van der Waals surface area contributed by atoms with E-state index in [1.807, 2.05) is 12.1 Å². The molecule has 6 heteroatoms. The highest BCUT2D eigenvalue weighted by Crippen LogP contribution is 2.39. The highest BCUT2D eigenvalue weighted by atomic mass is 35.5. The first kappa shape index (κ1) is 13.0. The molecule has 1 aromatic carbocycles. The highest BCUT2D eigenvalue weighted by Gasteiger charge is 2.19. The number of benzene rings is 1. The minimum Gasteiger partial charge on any atom is -0.367 e. The second-order valence-electron chi connectivity index (χ2n) is 4.13. The van der Waals surface area contributed by atoms with Crippen molar-refractivity contribution in [2.24, 2.45) is 0 Å². The minimum absolute atomic E-state index is 0.224. The number of anilines is 1. The fourth-order valence-corrected chi connectivity index (χ4v) is 2.34. The van der Waals surface area contributed by atoms with Crippen LogP contribution in [0.1, 0.15) is 0 Å². The quantitative estimate of drug-likeness (QED) is 0.767. The van der Waals surface area contributed by atoms with Crippen LogP contribution in [0.25, 0.3) is 22.4 Å². The molecule has 0 saturated heterocycles. The molecule has 0 aliphatic rings. The molecule has 0 radical (unpaired) electrons. The van der Waals surface area contributed by atoms with Crippen molar-refractivity contribution in [2.45, 2.75) is 0 Å². The Morgan fingerprint density at radius 2 is 1.80 bits per heavy atom. The minimum atomic E-state index is 0.224. The molecule has 0 bridgehead atoms. The van der Waals surface area contributed by atoms with Crippen LogP contribution in [0, 0.1) is 0 Å². The number of nitrogen functional groups attached to an aromatic ring is 1. The average Bonchev–Trinajstić information content (AvgIpc) is 2.84. The van der Waals surface area contributed by atoms with E-state index in [9.17, 15) is 0 Å². The molecule has 3 rings (SSSR count). The second-order valence-corrected chi connectivity index (χ2v) is 4.97. The van der Waals surface area contributed by atoms with E-state index in [0.29, 0.717) is 26.9 Å². The Labute approximate surface area is 125 Å². The number of nitrogens with two attached hydrogens (primary N) is 1. The Kier molecular flexibility index (Phi) is 3.34. The standard InChI is InChI=1S/C14H9Cl2N3O/c15-9-1-2-11(16)10(7-9)13-12(14(17)20-19-13)8-3-5-18-6-4-8/h1-7H,17H2. The van der Waals surface area contributed by atoms with Gasteiger partial charge in [-0.05, 0) is 35.9 Å².